The lowest BCUT2D eigenvalue weighted by Crippen LogP contribution is -2.18. The van der Waals surface area contributed by atoms with Crippen molar-refractivity contribution in [2.45, 2.75) is 25.5 Å². The molecule has 3 N–H and O–H groups in total. The molecule has 2 heteroatoms. The number of hydrogen-bond acceptors (Lipinski definition) is 2. The highest BCUT2D eigenvalue weighted by Crippen LogP contribution is 2.04. The van der Waals surface area contributed by atoms with E-state index < -0.39 is 6.23 Å². The van der Waals surface area contributed by atoms with Crippen molar-refractivity contribution in [1.29, 1.82) is 0 Å². The van der Waals surface area contributed by atoms with E-state index in [0.29, 0.717) is 6.42 Å². The van der Waals surface area contributed by atoms with Crippen LogP contribution in [0.1, 0.15) is 18.4 Å². The summed E-state index contributed by atoms with van der Waals surface area (Å²) in [4.78, 5) is 0. The molecular weight excluding hydrogens is 150 g/mol. The van der Waals surface area contributed by atoms with Gasteiger partial charge in [0, 0.05) is 0 Å². The van der Waals surface area contributed by atoms with Crippen molar-refractivity contribution < 1.29 is 5.11 Å². The van der Waals surface area contributed by atoms with Gasteiger partial charge < -0.3 is 10.8 Å². The maximum atomic E-state index is 8.81. The zero-order valence-electron chi connectivity index (χ0n) is 7.11. The van der Waals surface area contributed by atoms with Gasteiger partial charge in [-0.1, -0.05) is 30.3 Å². The second-order valence-electron chi connectivity index (χ2n) is 2.95. The van der Waals surface area contributed by atoms with Crippen LogP contribution in [-0.2, 0) is 6.42 Å². The lowest BCUT2D eigenvalue weighted by molar-refractivity contribution is 0.169. The van der Waals surface area contributed by atoms with Gasteiger partial charge >= 0.3 is 0 Å². The molecule has 2 nitrogen and oxygen atoms in total. The Morgan fingerprint density at radius 1 is 1.25 bits per heavy atom. The van der Waals surface area contributed by atoms with Crippen molar-refractivity contribution in [3.8, 4) is 0 Å². The first kappa shape index (κ1) is 9.23. The summed E-state index contributed by atoms with van der Waals surface area (Å²) < 4.78 is 0. The molecule has 0 heterocycles. The van der Waals surface area contributed by atoms with Gasteiger partial charge in [-0.3, -0.25) is 0 Å². The third kappa shape index (κ3) is 3.51. The van der Waals surface area contributed by atoms with E-state index >= 15 is 0 Å². The topological polar surface area (TPSA) is 46.2 Å². The van der Waals surface area contributed by atoms with Crippen molar-refractivity contribution in [2.75, 3.05) is 0 Å². The van der Waals surface area contributed by atoms with Crippen LogP contribution in [0.5, 0.6) is 0 Å². The Hall–Kier alpha value is -0.860. The third-order valence-corrected chi connectivity index (χ3v) is 1.81. The van der Waals surface area contributed by atoms with Crippen LogP contribution in [-0.4, -0.2) is 11.3 Å². The molecule has 1 aromatic carbocycles. The van der Waals surface area contributed by atoms with E-state index in [1.807, 2.05) is 18.2 Å². The SMILES string of the molecule is NC(O)CCCc1ccccc1. The lowest BCUT2D eigenvalue weighted by atomic mass is 10.1. The molecule has 0 amide bonds. The molecule has 0 spiro atoms. The Morgan fingerprint density at radius 2 is 1.92 bits per heavy atom. The summed E-state index contributed by atoms with van der Waals surface area (Å²) in [6.45, 7) is 0. The fourth-order valence-corrected chi connectivity index (χ4v) is 1.16. The van der Waals surface area contributed by atoms with Crippen LogP contribution in [0.4, 0.5) is 0 Å². The molecule has 0 saturated carbocycles. The number of nitrogens with two attached hydrogens (primary N) is 1. The second-order valence-corrected chi connectivity index (χ2v) is 2.95. The molecule has 1 rings (SSSR count). The molecule has 0 fully saturated rings. The summed E-state index contributed by atoms with van der Waals surface area (Å²) in [7, 11) is 0. The molecular formula is C10H15NO. The average molecular weight is 165 g/mol. The Bertz CT molecular complexity index is 208. The highest BCUT2D eigenvalue weighted by molar-refractivity contribution is 5.14. The molecule has 1 aromatic rings. The first-order valence-corrected chi connectivity index (χ1v) is 4.26. The lowest BCUT2D eigenvalue weighted by Gasteiger charge is -2.03. The van der Waals surface area contributed by atoms with Crippen molar-refractivity contribution in [2.24, 2.45) is 5.73 Å². The monoisotopic (exact) mass is 165 g/mol. The molecule has 0 saturated heterocycles. The normalized spacial score (nSPS) is 12.8. The zero-order chi connectivity index (χ0) is 8.81. The van der Waals surface area contributed by atoms with Crippen LogP contribution < -0.4 is 5.73 Å². The molecule has 1 atom stereocenters. The van der Waals surface area contributed by atoms with Crippen molar-refractivity contribution in [3.05, 3.63) is 35.9 Å². The summed E-state index contributed by atoms with van der Waals surface area (Å²) >= 11 is 0. The van der Waals surface area contributed by atoms with Crippen molar-refractivity contribution in [3.63, 3.8) is 0 Å². The van der Waals surface area contributed by atoms with Crippen LogP contribution in [0.25, 0.3) is 0 Å². The molecule has 0 aliphatic heterocycles. The summed E-state index contributed by atoms with van der Waals surface area (Å²) in [6, 6.07) is 10.2. The third-order valence-electron chi connectivity index (χ3n) is 1.81. The van der Waals surface area contributed by atoms with Gasteiger partial charge in [0.05, 0.1) is 0 Å². The predicted octanol–water partition coefficient (Wildman–Crippen LogP) is 1.29. The Balaban J connectivity index is 2.25. The van der Waals surface area contributed by atoms with Gasteiger partial charge in [-0.15, -0.1) is 0 Å². The largest absolute Gasteiger partial charge is 0.379 e. The second kappa shape index (κ2) is 4.91. The first-order valence-electron chi connectivity index (χ1n) is 4.26. The Kier molecular flexibility index (Phi) is 3.77. The number of aliphatic hydroxyl groups is 1. The summed E-state index contributed by atoms with van der Waals surface area (Å²) in [5.41, 5.74) is 6.52. The number of aryl methyl sites for hydroxylation is 1. The van der Waals surface area contributed by atoms with Crippen molar-refractivity contribution >= 4 is 0 Å². The Morgan fingerprint density at radius 3 is 2.50 bits per heavy atom. The van der Waals surface area contributed by atoms with Gasteiger partial charge in [0.25, 0.3) is 0 Å². The minimum atomic E-state index is -0.659. The van der Waals surface area contributed by atoms with Gasteiger partial charge in [-0.05, 0) is 24.8 Å². The van der Waals surface area contributed by atoms with Gasteiger partial charge in [-0.25, -0.2) is 0 Å². The fraction of sp³-hybridized carbons (Fsp3) is 0.400. The molecule has 0 aliphatic rings. The molecule has 0 aromatic heterocycles. The van der Waals surface area contributed by atoms with Gasteiger partial charge in [-0.2, -0.15) is 0 Å². The summed E-state index contributed by atoms with van der Waals surface area (Å²) in [5.74, 6) is 0. The fourth-order valence-electron chi connectivity index (χ4n) is 1.16. The quantitative estimate of drug-likeness (QED) is 0.660. The van der Waals surface area contributed by atoms with E-state index in [2.05, 4.69) is 12.1 Å². The van der Waals surface area contributed by atoms with E-state index in [1.165, 1.54) is 5.56 Å². The zero-order valence-corrected chi connectivity index (χ0v) is 7.11. The Labute approximate surface area is 73.0 Å². The number of aliphatic hydroxyl groups excluding tert-OH is 1. The molecule has 66 valence electrons. The highest BCUT2D eigenvalue weighted by Gasteiger charge is 1.96. The van der Waals surface area contributed by atoms with E-state index in [1.54, 1.807) is 0 Å². The number of rotatable bonds is 4. The minimum Gasteiger partial charge on any atom is -0.379 e. The minimum absolute atomic E-state index is 0.659. The van der Waals surface area contributed by atoms with E-state index in [4.69, 9.17) is 10.8 Å². The number of benzene rings is 1. The van der Waals surface area contributed by atoms with Crippen LogP contribution in [0.15, 0.2) is 30.3 Å². The maximum absolute atomic E-state index is 8.81. The number of hydrogen-bond donors (Lipinski definition) is 2. The van der Waals surface area contributed by atoms with Gasteiger partial charge in [0.15, 0.2) is 0 Å². The van der Waals surface area contributed by atoms with Crippen LogP contribution in [0, 0.1) is 0 Å². The maximum Gasteiger partial charge on any atom is 0.102 e. The predicted molar refractivity (Wildman–Crippen MR) is 49.6 cm³/mol. The van der Waals surface area contributed by atoms with E-state index in [9.17, 15) is 0 Å². The van der Waals surface area contributed by atoms with Crippen LogP contribution in [0.3, 0.4) is 0 Å². The molecule has 0 radical (unpaired) electrons. The smallest absolute Gasteiger partial charge is 0.102 e. The molecule has 0 bridgehead atoms. The average Bonchev–Trinajstić information content (AvgIpc) is 2.05. The molecule has 12 heavy (non-hydrogen) atoms. The summed E-state index contributed by atoms with van der Waals surface area (Å²) in [5, 5.41) is 8.81. The van der Waals surface area contributed by atoms with Crippen LogP contribution in [0.2, 0.25) is 0 Å². The first-order chi connectivity index (χ1) is 5.79. The summed E-state index contributed by atoms with van der Waals surface area (Å²) in [6.07, 6.45) is 1.96. The standard InChI is InChI=1S/C10H15NO/c11-10(12)8-4-7-9-5-2-1-3-6-9/h1-3,5-6,10,12H,4,7-8,11H2. The van der Waals surface area contributed by atoms with Crippen molar-refractivity contribution in [1.82, 2.24) is 0 Å². The molecule has 1 unspecified atom stereocenters. The van der Waals surface area contributed by atoms with Gasteiger partial charge in [0.2, 0.25) is 0 Å². The van der Waals surface area contributed by atoms with Gasteiger partial charge in [0.1, 0.15) is 6.23 Å². The highest BCUT2D eigenvalue weighted by atomic mass is 16.3. The molecule has 0 aliphatic carbocycles. The van der Waals surface area contributed by atoms with Crippen LogP contribution >= 0.6 is 0 Å². The van der Waals surface area contributed by atoms with E-state index in [-0.39, 0.29) is 0 Å². The van der Waals surface area contributed by atoms with E-state index in [0.717, 1.165) is 12.8 Å².